The zero-order valence-corrected chi connectivity index (χ0v) is 21.1. The lowest BCUT2D eigenvalue weighted by Gasteiger charge is -2.41. The maximum Gasteiger partial charge on any atom is 0.159 e. The fraction of sp³-hybridized carbons (Fsp3) is 0.429. The van der Waals surface area contributed by atoms with E-state index in [2.05, 4.69) is 43.0 Å². The Kier molecular flexibility index (Phi) is 6.82. The van der Waals surface area contributed by atoms with Crippen molar-refractivity contribution in [3.63, 3.8) is 0 Å². The van der Waals surface area contributed by atoms with E-state index in [1.807, 2.05) is 50.2 Å². The van der Waals surface area contributed by atoms with Crippen molar-refractivity contribution in [2.75, 3.05) is 26.3 Å². The van der Waals surface area contributed by atoms with Gasteiger partial charge in [0.15, 0.2) is 5.82 Å². The lowest BCUT2D eigenvalue weighted by molar-refractivity contribution is -0.0698. The third-order valence-electron chi connectivity index (χ3n) is 7.68. The number of aliphatic hydroxyl groups excluding tert-OH is 1. The summed E-state index contributed by atoms with van der Waals surface area (Å²) in [5, 5.41) is 18.4. The van der Waals surface area contributed by atoms with Crippen molar-refractivity contribution in [1.29, 1.82) is 0 Å². The van der Waals surface area contributed by atoms with Gasteiger partial charge >= 0.3 is 0 Å². The van der Waals surface area contributed by atoms with Crippen molar-refractivity contribution in [3.8, 4) is 33.6 Å². The third kappa shape index (κ3) is 5.20. The van der Waals surface area contributed by atoms with Gasteiger partial charge in [-0.25, -0.2) is 9.97 Å². The Balaban J connectivity index is 1.10. The highest BCUT2D eigenvalue weighted by Gasteiger charge is 2.30. The number of hydrogen-bond donors (Lipinski definition) is 1. The molecule has 37 heavy (non-hydrogen) atoms. The van der Waals surface area contributed by atoms with E-state index >= 15 is 0 Å². The summed E-state index contributed by atoms with van der Waals surface area (Å²) in [5.74, 6) is 0.701. The van der Waals surface area contributed by atoms with Gasteiger partial charge in [0.1, 0.15) is 0 Å². The average molecular weight is 500 g/mol. The van der Waals surface area contributed by atoms with Crippen molar-refractivity contribution in [2.24, 2.45) is 7.05 Å². The largest absolute Gasteiger partial charge is 0.394 e. The van der Waals surface area contributed by atoms with Gasteiger partial charge in [0.2, 0.25) is 0 Å². The van der Waals surface area contributed by atoms with Crippen molar-refractivity contribution in [3.05, 3.63) is 61.4 Å². The van der Waals surface area contributed by atoms with Crippen molar-refractivity contribution in [1.82, 2.24) is 34.4 Å². The molecule has 0 spiro atoms. The number of nitrogens with zero attached hydrogens (tertiary/aromatic N) is 7. The van der Waals surface area contributed by atoms with Crippen LogP contribution in [0.2, 0.25) is 0 Å². The highest BCUT2D eigenvalue weighted by molar-refractivity contribution is 5.70. The molecule has 1 saturated carbocycles. The highest BCUT2D eigenvalue weighted by Crippen LogP contribution is 2.33. The summed E-state index contributed by atoms with van der Waals surface area (Å²) in [5.41, 5.74) is 5.15. The smallest absolute Gasteiger partial charge is 0.159 e. The van der Waals surface area contributed by atoms with Crippen LogP contribution in [0, 0.1) is 0 Å². The number of aryl methyl sites for hydroxylation is 1. The number of aromatic nitrogens is 6. The lowest BCUT2D eigenvalue weighted by Crippen LogP contribution is -2.49. The monoisotopic (exact) mass is 499 g/mol. The molecule has 6 rings (SSSR count). The lowest BCUT2D eigenvalue weighted by atomic mass is 9.90. The van der Waals surface area contributed by atoms with Gasteiger partial charge in [-0.05, 0) is 37.3 Å². The second kappa shape index (κ2) is 10.5. The Morgan fingerprint density at radius 1 is 0.865 bits per heavy atom. The molecule has 2 aliphatic rings. The summed E-state index contributed by atoms with van der Waals surface area (Å²) in [6, 6.07) is 9.21. The van der Waals surface area contributed by atoms with Crippen LogP contribution < -0.4 is 0 Å². The first-order chi connectivity index (χ1) is 18.2. The van der Waals surface area contributed by atoms with Crippen LogP contribution in [0.4, 0.5) is 0 Å². The summed E-state index contributed by atoms with van der Waals surface area (Å²) in [6.45, 7) is 2.61. The average Bonchev–Trinajstić information content (AvgIpc) is 3.63. The molecule has 1 atom stereocenters. The zero-order valence-electron chi connectivity index (χ0n) is 21.1. The van der Waals surface area contributed by atoms with Gasteiger partial charge in [-0.2, -0.15) is 10.2 Å². The molecule has 0 unspecified atom stereocenters. The van der Waals surface area contributed by atoms with E-state index in [0.29, 0.717) is 24.5 Å². The molecule has 192 valence electrons. The molecule has 9 nitrogen and oxygen atoms in total. The minimum atomic E-state index is -0.0427. The van der Waals surface area contributed by atoms with Crippen LogP contribution in [-0.2, 0) is 11.8 Å². The van der Waals surface area contributed by atoms with E-state index < -0.39 is 0 Å². The number of aliphatic hydroxyl groups is 1. The predicted molar refractivity (Wildman–Crippen MR) is 141 cm³/mol. The minimum absolute atomic E-state index is 0.0427. The molecule has 0 amide bonds. The summed E-state index contributed by atoms with van der Waals surface area (Å²) in [7, 11) is 1.92. The van der Waals surface area contributed by atoms with Crippen molar-refractivity contribution >= 4 is 0 Å². The fourth-order valence-corrected chi connectivity index (χ4v) is 5.59. The molecule has 1 N–H and O–H groups in total. The van der Waals surface area contributed by atoms with Crippen LogP contribution in [0.25, 0.3) is 33.6 Å². The maximum absolute atomic E-state index is 9.45. The van der Waals surface area contributed by atoms with Crippen LogP contribution in [-0.4, -0.2) is 78.0 Å². The Bertz CT molecular complexity index is 1320. The summed E-state index contributed by atoms with van der Waals surface area (Å²) in [6.07, 6.45) is 16.1. The second-order valence-corrected chi connectivity index (χ2v) is 10.1. The van der Waals surface area contributed by atoms with Crippen LogP contribution in [0.5, 0.6) is 0 Å². The molecule has 9 heteroatoms. The number of benzene rings is 1. The van der Waals surface area contributed by atoms with Crippen LogP contribution in [0.3, 0.4) is 0 Å². The standard InChI is InChI=1S/C28H33N7O2/c1-33-16-23(14-31-33)20-3-2-4-21(11-20)28-29-12-22(13-30-28)24-15-32-35(17-24)26-7-5-25(6-8-26)34-9-10-37-27(18-34)19-36/h2-4,11-17,25-27,36H,5-10,18-19H2,1H3/t25?,26?,27-/m1/s1. The SMILES string of the molecule is Cn1cc(-c2cccc(-c3ncc(-c4cnn(C5CCC(N6CCO[C@@H](CO)C6)CC5)c4)cn3)c2)cn1. The quantitative estimate of drug-likeness (QED) is 0.433. The third-order valence-corrected chi connectivity index (χ3v) is 7.68. The number of morpholine rings is 1. The van der Waals surface area contributed by atoms with Gasteiger partial charge in [-0.1, -0.05) is 18.2 Å². The molecular formula is C28H33N7O2. The molecule has 1 aliphatic heterocycles. The number of rotatable bonds is 6. The zero-order chi connectivity index (χ0) is 25.2. The van der Waals surface area contributed by atoms with Gasteiger partial charge < -0.3 is 9.84 Å². The molecule has 4 heterocycles. The molecule has 1 aromatic carbocycles. The summed E-state index contributed by atoms with van der Waals surface area (Å²) >= 11 is 0. The van der Waals surface area contributed by atoms with E-state index in [9.17, 15) is 5.11 Å². The fourth-order valence-electron chi connectivity index (χ4n) is 5.59. The maximum atomic E-state index is 9.45. The van der Waals surface area contributed by atoms with E-state index in [1.165, 1.54) is 0 Å². The highest BCUT2D eigenvalue weighted by atomic mass is 16.5. The number of ether oxygens (including phenoxy) is 1. The van der Waals surface area contributed by atoms with Gasteiger partial charge in [-0.3, -0.25) is 14.3 Å². The first-order valence-electron chi connectivity index (χ1n) is 13.1. The molecule has 4 aromatic rings. The molecule has 1 aliphatic carbocycles. The van der Waals surface area contributed by atoms with Gasteiger partial charge in [0.25, 0.3) is 0 Å². The molecule has 0 bridgehead atoms. The molecular weight excluding hydrogens is 466 g/mol. The van der Waals surface area contributed by atoms with Crippen LogP contribution in [0.1, 0.15) is 31.7 Å². The normalized spacial score (nSPS) is 22.8. The van der Waals surface area contributed by atoms with E-state index in [4.69, 9.17) is 9.84 Å². The van der Waals surface area contributed by atoms with Crippen LogP contribution >= 0.6 is 0 Å². The van der Waals surface area contributed by atoms with Gasteiger partial charge in [0, 0.05) is 73.2 Å². The van der Waals surface area contributed by atoms with Crippen molar-refractivity contribution < 1.29 is 9.84 Å². The molecule has 3 aromatic heterocycles. The topological polar surface area (TPSA) is 94.1 Å². The summed E-state index contributed by atoms with van der Waals surface area (Å²) < 4.78 is 9.54. The van der Waals surface area contributed by atoms with Crippen molar-refractivity contribution in [2.45, 2.75) is 43.9 Å². The molecule has 0 radical (unpaired) electrons. The Morgan fingerprint density at radius 3 is 2.35 bits per heavy atom. The Hall–Kier alpha value is -3.40. The second-order valence-electron chi connectivity index (χ2n) is 10.1. The Morgan fingerprint density at radius 2 is 1.59 bits per heavy atom. The first-order valence-corrected chi connectivity index (χ1v) is 13.1. The number of hydrogen-bond acceptors (Lipinski definition) is 7. The predicted octanol–water partition coefficient (Wildman–Crippen LogP) is 3.58. The van der Waals surface area contributed by atoms with E-state index in [1.54, 1.807) is 4.68 Å². The Labute approximate surface area is 216 Å². The molecule has 2 fully saturated rings. The van der Waals surface area contributed by atoms with Crippen LogP contribution in [0.15, 0.2) is 61.4 Å². The van der Waals surface area contributed by atoms with E-state index in [-0.39, 0.29) is 12.7 Å². The van der Waals surface area contributed by atoms with Gasteiger partial charge in [-0.15, -0.1) is 0 Å². The summed E-state index contributed by atoms with van der Waals surface area (Å²) in [4.78, 5) is 11.8. The van der Waals surface area contributed by atoms with E-state index in [0.717, 1.165) is 66.6 Å². The first kappa shape index (κ1) is 24.0. The minimum Gasteiger partial charge on any atom is -0.394 e. The van der Waals surface area contributed by atoms with Gasteiger partial charge in [0.05, 0.1) is 37.8 Å². The molecule has 1 saturated heterocycles.